The van der Waals surface area contributed by atoms with Crippen molar-refractivity contribution < 1.29 is 14.4 Å². The molecular formula is C17H18N2O3. The normalized spacial score (nSPS) is 30.2. The van der Waals surface area contributed by atoms with Gasteiger partial charge in [0, 0.05) is 12.6 Å². The van der Waals surface area contributed by atoms with E-state index in [0.717, 1.165) is 12.8 Å². The van der Waals surface area contributed by atoms with Gasteiger partial charge in [0.05, 0.1) is 11.1 Å². The molecule has 0 unspecified atom stereocenters. The fourth-order valence-corrected chi connectivity index (χ4v) is 3.89. The Labute approximate surface area is 128 Å². The number of likely N-dealkylation sites (tertiary alicyclic amines) is 1. The Morgan fingerprint density at radius 1 is 1.05 bits per heavy atom. The molecule has 1 aromatic rings. The molecular weight excluding hydrogens is 280 g/mol. The predicted octanol–water partition coefficient (Wildman–Crippen LogP) is 1.68. The van der Waals surface area contributed by atoms with Gasteiger partial charge in [-0.15, -0.1) is 0 Å². The number of rotatable bonds is 2. The molecule has 5 nitrogen and oxygen atoms in total. The molecule has 0 N–H and O–H groups in total. The van der Waals surface area contributed by atoms with Crippen LogP contribution in [0.2, 0.25) is 0 Å². The van der Waals surface area contributed by atoms with Crippen molar-refractivity contribution in [2.45, 2.75) is 38.3 Å². The number of fused-ring (bicyclic) bond motifs is 2. The number of amides is 3. The van der Waals surface area contributed by atoms with Crippen LogP contribution < -0.4 is 0 Å². The molecule has 5 heteroatoms. The maximum Gasteiger partial charge on any atom is 0.262 e. The van der Waals surface area contributed by atoms with Crippen LogP contribution in [0.4, 0.5) is 0 Å². The number of nitrogens with zero attached hydrogens (tertiary/aromatic N) is 2. The number of carbonyl (C=O) groups excluding carboxylic acids is 3. The first-order valence-electron chi connectivity index (χ1n) is 7.91. The quantitative estimate of drug-likeness (QED) is 0.781. The molecule has 1 saturated heterocycles. The van der Waals surface area contributed by atoms with Gasteiger partial charge in [-0.2, -0.15) is 0 Å². The highest BCUT2D eigenvalue weighted by atomic mass is 16.2. The molecule has 0 spiro atoms. The molecule has 2 heterocycles. The molecule has 1 aliphatic carbocycles. The minimum atomic E-state index is -0.639. The van der Waals surface area contributed by atoms with Crippen LogP contribution in [-0.2, 0) is 4.79 Å². The number of carbonyl (C=O) groups is 3. The highest BCUT2D eigenvalue weighted by Crippen LogP contribution is 2.43. The van der Waals surface area contributed by atoms with Crippen LogP contribution in [0.15, 0.2) is 24.3 Å². The van der Waals surface area contributed by atoms with Crippen molar-refractivity contribution in [2.75, 3.05) is 6.54 Å². The molecule has 1 saturated carbocycles. The number of benzene rings is 1. The molecule has 3 amide bonds. The van der Waals surface area contributed by atoms with Crippen molar-refractivity contribution in [1.82, 2.24) is 9.80 Å². The summed E-state index contributed by atoms with van der Waals surface area (Å²) in [6.07, 6.45) is 2.56. The number of hydrogen-bond donors (Lipinski definition) is 0. The van der Waals surface area contributed by atoms with Gasteiger partial charge >= 0.3 is 0 Å². The summed E-state index contributed by atoms with van der Waals surface area (Å²) in [6, 6.07) is 6.49. The minimum absolute atomic E-state index is 0.0676. The summed E-state index contributed by atoms with van der Waals surface area (Å²) in [4.78, 5) is 41.0. The van der Waals surface area contributed by atoms with Crippen molar-refractivity contribution >= 4 is 17.7 Å². The Morgan fingerprint density at radius 3 is 2.27 bits per heavy atom. The monoisotopic (exact) mass is 298 g/mol. The lowest BCUT2D eigenvalue weighted by Gasteiger charge is -2.29. The summed E-state index contributed by atoms with van der Waals surface area (Å²) in [7, 11) is 0. The average Bonchev–Trinajstić information content (AvgIpc) is 3.25. The zero-order chi connectivity index (χ0) is 15.4. The highest BCUT2D eigenvalue weighted by Gasteiger charge is 2.51. The van der Waals surface area contributed by atoms with Crippen molar-refractivity contribution in [3.05, 3.63) is 35.4 Å². The van der Waals surface area contributed by atoms with E-state index >= 15 is 0 Å². The predicted molar refractivity (Wildman–Crippen MR) is 79.2 cm³/mol. The third kappa shape index (κ3) is 1.74. The van der Waals surface area contributed by atoms with Crippen molar-refractivity contribution in [2.24, 2.45) is 5.92 Å². The van der Waals surface area contributed by atoms with Gasteiger partial charge in [-0.05, 0) is 44.2 Å². The second-order valence-corrected chi connectivity index (χ2v) is 6.31. The molecule has 4 rings (SSSR count). The first-order chi connectivity index (χ1) is 10.6. The van der Waals surface area contributed by atoms with Gasteiger partial charge in [0.15, 0.2) is 0 Å². The Balaban J connectivity index is 1.69. The summed E-state index contributed by atoms with van der Waals surface area (Å²) >= 11 is 0. The van der Waals surface area contributed by atoms with Crippen LogP contribution in [0, 0.1) is 5.92 Å². The minimum Gasteiger partial charge on any atom is -0.338 e. The number of imide groups is 1. The smallest absolute Gasteiger partial charge is 0.262 e. The molecule has 3 aliphatic rings. The van der Waals surface area contributed by atoms with Crippen LogP contribution in [0.25, 0.3) is 0 Å². The van der Waals surface area contributed by atoms with Crippen molar-refractivity contribution in [3.63, 3.8) is 0 Å². The molecule has 114 valence electrons. The first kappa shape index (κ1) is 13.5. The van der Waals surface area contributed by atoms with Crippen LogP contribution in [0.1, 0.15) is 46.9 Å². The molecule has 2 fully saturated rings. The molecule has 2 aliphatic heterocycles. The summed E-state index contributed by atoms with van der Waals surface area (Å²) in [5.41, 5.74) is 0.829. The molecule has 0 bridgehead atoms. The topological polar surface area (TPSA) is 57.7 Å². The molecule has 0 aromatic heterocycles. The van der Waals surface area contributed by atoms with Crippen molar-refractivity contribution in [1.29, 1.82) is 0 Å². The van der Waals surface area contributed by atoms with Crippen molar-refractivity contribution in [3.8, 4) is 0 Å². The second-order valence-electron chi connectivity index (χ2n) is 6.31. The van der Waals surface area contributed by atoms with E-state index in [4.69, 9.17) is 0 Å². The fourth-order valence-electron chi connectivity index (χ4n) is 3.89. The third-order valence-electron chi connectivity index (χ3n) is 5.14. The number of hydrogen-bond acceptors (Lipinski definition) is 3. The molecule has 3 atom stereocenters. The van der Waals surface area contributed by atoms with E-state index in [1.165, 1.54) is 4.90 Å². The van der Waals surface area contributed by atoms with E-state index in [0.29, 0.717) is 36.1 Å². The summed E-state index contributed by atoms with van der Waals surface area (Å²) in [6.45, 7) is 2.59. The zero-order valence-electron chi connectivity index (χ0n) is 12.5. The molecule has 22 heavy (non-hydrogen) atoms. The van der Waals surface area contributed by atoms with Gasteiger partial charge in [-0.3, -0.25) is 19.3 Å². The van der Waals surface area contributed by atoms with E-state index < -0.39 is 6.04 Å². The average molecular weight is 298 g/mol. The maximum absolute atomic E-state index is 12.8. The maximum atomic E-state index is 12.8. The van der Waals surface area contributed by atoms with Crippen LogP contribution >= 0.6 is 0 Å². The standard InChI is InChI=1S/C17H18N2O3/c1-2-18-14-9-10(14)7-8-13(17(18)22)19-15(20)11-5-3-4-6-12(11)16(19)21/h3-6,10,13-14H,2,7-9H2,1H3/t10-,13+,14+/m1/s1. The zero-order valence-corrected chi connectivity index (χ0v) is 12.5. The third-order valence-corrected chi connectivity index (χ3v) is 5.14. The van der Waals surface area contributed by atoms with Gasteiger partial charge in [0.2, 0.25) is 5.91 Å². The van der Waals surface area contributed by atoms with Gasteiger partial charge in [0.25, 0.3) is 11.8 Å². The van der Waals surface area contributed by atoms with Crippen LogP contribution in [0.5, 0.6) is 0 Å². The second kappa shape index (κ2) is 4.66. The lowest BCUT2D eigenvalue weighted by molar-refractivity contribution is -0.135. The van der Waals surface area contributed by atoms with Gasteiger partial charge in [0.1, 0.15) is 6.04 Å². The van der Waals surface area contributed by atoms with E-state index in [1.807, 2.05) is 11.8 Å². The largest absolute Gasteiger partial charge is 0.338 e. The number of likely N-dealkylation sites (N-methyl/N-ethyl adjacent to an activating group) is 1. The SMILES string of the molecule is CCN1C(=O)[C@@H](N2C(=O)c3ccccc3C2=O)CC[C@@H]2C[C@@H]21. The highest BCUT2D eigenvalue weighted by molar-refractivity contribution is 6.22. The van der Waals surface area contributed by atoms with Gasteiger partial charge < -0.3 is 4.90 Å². The molecule has 0 radical (unpaired) electrons. The Bertz CT molecular complexity index is 649. The van der Waals surface area contributed by atoms with E-state index in [-0.39, 0.29) is 17.7 Å². The van der Waals surface area contributed by atoms with Gasteiger partial charge in [-0.25, -0.2) is 0 Å². The molecule has 1 aromatic carbocycles. The fraction of sp³-hybridized carbons (Fsp3) is 0.471. The van der Waals surface area contributed by atoms with E-state index in [2.05, 4.69) is 0 Å². The van der Waals surface area contributed by atoms with E-state index in [9.17, 15) is 14.4 Å². The lowest BCUT2D eigenvalue weighted by atomic mass is 10.1. The Hall–Kier alpha value is -2.17. The Kier molecular flexibility index (Phi) is 2.86. The summed E-state index contributed by atoms with van der Waals surface area (Å²) < 4.78 is 0. The summed E-state index contributed by atoms with van der Waals surface area (Å²) in [5.74, 6) is -0.178. The summed E-state index contributed by atoms with van der Waals surface area (Å²) in [5, 5.41) is 0. The first-order valence-corrected chi connectivity index (χ1v) is 7.91. The van der Waals surface area contributed by atoms with Gasteiger partial charge in [-0.1, -0.05) is 12.1 Å². The Morgan fingerprint density at radius 2 is 1.68 bits per heavy atom. The van der Waals surface area contributed by atoms with E-state index in [1.54, 1.807) is 24.3 Å². The lowest BCUT2D eigenvalue weighted by Crippen LogP contribution is -2.50. The van der Waals surface area contributed by atoms with Crippen LogP contribution in [0.3, 0.4) is 0 Å². The van der Waals surface area contributed by atoms with Crippen LogP contribution in [-0.4, -0.2) is 46.1 Å².